The van der Waals surface area contributed by atoms with Gasteiger partial charge in [0.2, 0.25) is 5.91 Å². The Bertz CT molecular complexity index is 619. The number of nitrogens with zero attached hydrogens (tertiary/aromatic N) is 3. The van der Waals surface area contributed by atoms with Gasteiger partial charge in [0.1, 0.15) is 0 Å². The molecule has 0 radical (unpaired) electrons. The lowest BCUT2D eigenvalue weighted by Crippen LogP contribution is -2.23. The molecule has 0 saturated heterocycles. The molecular weight excluding hydrogens is 282 g/mol. The first kappa shape index (κ1) is 15.9. The van der Waals surface area contributed by atoms with Gasteiger partial charge in [-0.25, -0.2) is 4.98 Å². The largest absolute Gasteiger partial charge is 0.348 e. The van der Waals surface area contributed by atoms with Crippen LogP contribution >= 0.6 is 11.8 Å². The van der Waals surface area contributed by atoms with Crippen molar-refractivity contribution in [1.29, 1.82) is 0 Å². The summed E-state index contributed by atoms with van der Waals surface area (Å²) in [6, 6.07) is 8.16. The van der Waals surface area contributed by atoms with Gasteiger partial charge in [-0.2, -0.15) is 0 Å². The molecule has 1 aromatic carbocycles. The van der Waals surface area contributed by atoms with Crippen LogP contribution in [0.5, 0.6) is 0 Å². The quantitative estimate of drug-likeness (QED) is 0.769. The third kappa shape index (κ3) is 4.00. The lowest BCUT2D eigenvalue weighted by Gasteiger charge is -2.12. The number of hydrogen-bond acceptors (Lipinski definition) is 3. The van der Waals surface area contributed by atoms with Gasteiger partial charge >= 0.3 is 0 Å². The Morgan fingerprint density at radius 3 is 2.71 bits per heavy atom. The maximum Gasteiger partial charge on any atom is 0.232 e. The number of hydrogen-bond donors (Lipinski definition) is 0. The molecule has 5 heteroatoms. The van der Waals surface area contributed by atoms with Crippen molar-refractivity contribution >= 4 is 28.7 Å². The summed E-state index contributed by atoms with van der Waals surface area (Å²) in [6.45, 7) is 5.39. The summed E-state index contributed by atoms with van der Waals surface area (Å²) in [5.74, 6) is 1.19. The second-order valence-corrected chi connectivity index (χ2v) is 6.74. The SMILES string of the molecule is CC(C)CCn1c(SCC(=O)N(C)C)nc2ccccc21. The van der Waals surface area contributed by atoms with Crippen molar-refractivity contribution in [3.63, 3.8) is 0 Å². The minimum absolute atomic E-state index is 0.113. The molecule has 1 aromatic heterocycles. The van der Waals surface area contributed by atoms with Crippen molar-refractivity contribution in [2.24, 2.45) is 5.92 Å². The van der Waals surface area contributed by atoms with Crippen LogP contribution in [-0.4, -0.2) is 40.2 Å². The molecule has 0 aliphatic heterocycles. The third-order valence-electron chi connectivity index (χ3n) is 3.37. The lowest BCUT2D eigenvalue weighted by molar-refractivity contribution is -0.125. The fourth-order valence-electron chi connectivity index (χ4n) is 2.02. The zero-order chi connectivity index (χ0) is 15.4. The van der Waals surface area contributed by atoms with E-state index in [9.17, 15) is 4.79 Å². The van der Waals surface area contributed by atoms with Gasteiger partial charge in [0.15, 0.2) is 5.16 Å². The van der Waals surface area contributed by atoms with Gasteiger partial charge in [0.25, 0.3) is 0 Å². The Hall–Kier alpha value is -1.49. The molecule has 0 aliphatic carbocycles. The van der Waals surface area contributed by atoms with Gasteiger partial charge in [0, 0.05) is 20.6 Å². The Morgan fingerprint density at radius 2 is 2.05 bits per heavy atom. The highest BCUT2D eigenvalue weighted by atomic mass is 32.2. The van der Waals surface area contributed by atoms with Gasteiger partial charge in [-0.15, -0.1) is 0 Å². The molecule has 0 fully saturated rings. The van der Waals surface area contributed by atoms with Gasteiger partial charge in [-0.05, 0) is 24.5 Å². The van der Waals surface area contributed by atoms with E-state index in [1.54, 1.807) is 19.0 Å². The van der Waals surface area contributed by atoms with Crippen molar-refractivity contribution in [2.45, 2.75) is 32.0 Å². The molecule has 21 heavy (non-hydrogen) atoms. The van der Waals surface area contributed by atoms with Crippen molar-refractivity contribution < 1.29 is 4.79 Å². The van der Waals surface area contributed by atoms with Crippen LogP contribution in [0.2, 0.25) is 0 Å². The zero-order valence-electron chi connectivity index (χ0n) is 13.2. The molecule has 0 aliphatic rings. The number of imidazole rings is 1. The van der Waals surface area contributed by atoms with Crippen LogP contribution in [0.15, 0.2) is 29.4 Å². The second kappa shape index (κ2) is 6.98. The molecule has 1 heterocycles. The highest BCUT2D eigenvalue weighted by Crippen LogP contribution is 2.25. The number of aryl methyl sites for hydroxylation is 1. The fourth-order valence-corrected chi connectivity index (χ4v) is 3.04. The van der Waals surface area contributed by atoms with Gasteiger partial charge in [0.05, 0.1) is 16.8 Å². The summed E-state index contributed by atoms with van der Waals surface area (Å²) in [5.41, 5.74) is 2.15. The number of rotatable bonds is 6. The summed E-state index contributed by atoms with van der Waals surface area (Å²) in [6.07, 6.45) is 1.11. The number of fused-ring (bicyclic) bond motifs is 1. The summed E-state index contributed by atoms with van der Waals surface area (Å²) in [5, 5.41) is 0.937. The average molecular weight is 305 g/mol. The monoisotopic (exact) mass is 305 g/mol. The average Bonchev–Trinajstić information content (AvgIpc) is 2.80. The molecule has 0 atom stereocenters. The lowest BCUT2D eigenvalue weighted by atomic mass is 10.1. The van der Waals surface area contributed by atoms with E-state index in [1.807, 2.05) is 18.2 Å². The molecule has 1 amide bonds. The van der Waals surface area contributed by atoms with Crippen LogP contribution < -0.4 is 0 Å². The first-order valence-electron chi connectivity index (χ1n) is 7.27. The molecule has 2 rings (SSSR count). The number of amides is 1. The van der Waals surface area contributed by atoms with E-state index in [1.165, 1.54) is 11.8 Å². The Labute approximate surface area is 130 Å². The van der Waals surface area contributed by atoms with Crippen LogP contribution in [0, 0.1) is 5.92 Å². The van der Waals surface area contributed by atoms with Crippen molar-refractivity contribution in [3.05, 3.63) is 24.3 Å². The van der Waals surface area contributed by atoms with Crippen molar-refractivity contribution in [3.8, 4) is 0 Å². The molecule has 2 aromatic rings. The van der Waals surface area contributed by atoms with E-state index in [0.29, 0.717) is 11.7 Å². The number of carbonyl (C=O) groups is 1. The van der Waals surface area contributed by atoms with Crippen LogP contribution in [0.4, 0.5) is 0 Å². The first-order chi connectivity index (χ1) is 9.99. The van der Waals surface area contributed by atoms with Gasteiger partial charge < -0.3 is 9.47 Å². The number of carbonyl (C=O) groups excluding carboxylic acids is 1. The molecule has 0 saturated carbocycles. The Morgan fingerprint density at radius 1 is 1.33 bits per heavy atom. The summed E-state index contributed by atoms with van der Waals surface area (Å²) < 4.78 is 2.24. The van der Waals surface area contributed by atoms with E-state index >= 15 is 0 Å². The summed E-state index contributed by atoms with van der Waals surface area (Å²) in [7, 11) is 3.56. The standard InChI is InChI=1S/C16H23N3OS/c1-12(2)9-10-19-14-8-6-5-7-13(14)17-16(19)21-11-15(20)18(3)4/h5-8,12H,9-11H2,1-4H3. The third-order valence-corrected chi connectivity index (χ3v) is 4.33. The smallest absolute Gasteiger partial charge is 0.232 e. The number of benzene rings is 1. The highest BCUT2D eigenvalue weighted by Gasteiger charge is 2.13. The number of para-hydroxylation sites is 2. The molecule has 4 nitrogen and oxygen atoms in total. The van der Waals surface area contributed by atoms with Crippen LogP contribution in [0.25, 0.3) is 11.0 Å². The zero-order valence-corrected chi connectivity index (χ0v) is 14.0. The topological polar surface area (TPSA) is 38.1 Å². The predicted molar refractivity (Wildman–Crippen MR) is 88.6 cm³/mol. The molecule has 0 unspecified atom stereocenters. The maximum absolute atomic E-state index is 11.8. The van der Waals surface area contributed by atoms with E-state index in [-0.39, 0.29) is 5.91 Å². The van der Waals surface area contributed by atoms with E-state index < -0.39 is 0 Å². The van der Waals surface area contributed by atoms with E-state index in [4.69, 9.17) is 0 Å². The minimum atomic E-state index is 0.113. The van der Waals surface area contributed by atoms with Crippen LogP contribution in [-0.2, 0) is 11.3 Å². The number of aromatic nitrogens is 2. The molecule has 114 valence electrons. The fraction of sp³-hybridized carbons (Fsp3) is 0.500. The molecule has 0 spiro atoms. The molecule has 0 N–H and O–H groups in total. The Kier molecular flexibility index (Phi) is 5.28. The normalized spacial score (nSPS) is 11.3. The highest BCUT2D eigenvalue weighted by molar-refractivity contribution is 7.99. The molecule has 0 bridgehead atoms. The van der Waals surface area contributed by atoms with E-state index in [0.717, 1.165) is 29.2 Å². The predicted octanol–water partition coefficient (Wildman–Crippen LogP) is 3.26. The summed E-state index contributed by atoms with van der Waals surface area (Å²) >= 11 is 1.52. The minimum Gasteiger partial charge on any atom is -0.348 e. The van der Waals surface area contributed by atoms with Crippen LogP contribution in [0.1, 0.15) is 20.3 Å². The van der Waals surface area contributed by atoms with Crippen LogP contribution in [0.3, 0.4) is 0 Å². The van der Waals surface area contributed by atoms with Gasteiger partial charge in [-0.1, -0.05) is 37.7 Å². The van der Waals surface area contributed by atoms with Crippen molar-refractivity contribution in [1.82, 2.24) is 14.5 Å². The van der Waals surface area contributed by atoms with Crippen molar-refractivity contribution in [2.75, 3.05) is 19.8 Å². The first-order valence-corrected chi connectivity index (χ1v) is 8.26. The Balaban J connectivity index is 2.24. The maximum atomic E-state index is 11.8. The molecular formula is C16H23N3OS. The van der Waals surface area contributed by atoms with E-state index in [2.05, 4.69) is 29.5 Å². The number of thioether (sulfide) groups is 1. The summed E-state index contributed by atoms with van der Waals surface area (Å²) in [4.78, 5) is 18.1. The van der Waals surface area contributed by atoms with Gasteiger partial charge in [-0.3, -0.25) is 4.79 Å². The second-order valence-electron chi connectivity index (χ2n) is 5.79.